The molecule has 2 nitrogen and oxygen atoms in total. The van der Waals surface area contributed by atoms with E-state index < -0.39 is 0 Å². The Balaban J connectivity index is 0.00000182. The maximum absolute atomic E-state index is 3.36. The van der Waals surface area contributed by atoms with Crippen LogP contribution in [0.15, 0.2) is 72.5 Å². The maximum atomic E-state index is 3.36. The predicted octanol–water partition coefficient (Wildman–Crippen LogP) is 2.21. The van der Waals surface area contributed by atoms with Crippen LogP contribution in [-0.2, 0) is 13.0 Å². The molecule has 128 valence electrons. The fourth-order valence-corrected chi connectivity index (χ4v) is 3.89. The van der Waals surface area contributed by atoms with Gasteiger partial charge < -0.3 is 22.0 Å². The number of H-pyrrole nitrogens is 1. The van der Waals surface area contributed by atoms with Gasteiger partial charge in [0.25, 0.3) is 0 Å². The smallest absolute Gasteiger partial charge is 0.169 e. The number of aryl methyl sites for hydroxylation is 2. The van der Waals surface area contributed by atoms with Crippen LogP contribution < -0.4 is 21.5 Å². The molecule has 0 spiro atoms. The van der Waals surface area contributed by atoms with E-state index in [-0.39, 0.29) is 17.0 Å². The maximum Gasteiger partial charge on any atom is 0.169 e. The fraction of sp³-hybridized carbons (Fsp3) is 0.190. The number of aromatic nitrogens is 2. The van der Waals surface area contributed by atoms with Crippen molar-refractivity contribution in [3.8, 4) is 10.4 Å². The quantitative estimate of drug-likeness (QED) is 0.370. The van der Waals surface area contributed by atoms with Crippen LogP contribution in [0.4, 0.5) is 0 Å². The number of pyridine rings is 1. The lowest BCUT2D eigenvalue weighted by molar-refractivity contribution is -0.697. The lowest BCUT2D eigenvalue weighted by Crippen LogP contribution is -3.00. The first-order chi connectivity index (χ1) is 11.9. The summed E-state index contributed by atoms with van der Waals surface area (Å²) < 4.78 is 2.28. The number of hydrogen-bond acceptors (Lipinski definition) is 1. The first-order valence-electron chi connectivity index (χ1n) is 8.48. The Morgan fingerprint density at radius 1 is 0.920 bits per heavy atom. The van der Waals surface area contributed by atoms with Crippen LogP contribution in [0, 0.1) is 0 Å². The molecule has 3 aromatic heterocycles. The van der Waals surface area contributed by atoms with Crippen LogP contribution in [-0.4, -0.2) is 4.98 Å². The molecular formula is C21H21BrN2S. The number of nitrogens with zero attached hydrogens (tertiary/aromatic N) is 1. The van der Waals surface area contributed by atoms with Crippen molar-refractivity contribution < 1.29 is 21.5 Å². The summed E-state index contributed by atoms with van der Waals surface area (Å²) in [6, 6.07) is 17.3. The number of unbranched alkanes of at least 4 members (excludes halogenated alkanes) is 1. The number of rotatable bonds is 6. The van der Waals surface area contributed by atoms with Crippen molar-refractivity contribution in [2.75, 3.05) is 0 Å². The molecule has 0 amide bonds. The molecule has 0 aliphatic carbocycles. The zero-order chi connectivity index (χ0) is 16.2. The first-order valence-corrected chi connectivity index (χ1v) is 9.36. The third-order valence-electron chi connectivity index (χ3n) is 4.48. The Morgan fingerprint density at radius 3 is 2.56 bits per heavy atom. The van der Waals surface area contributed by atoms with Gasteiger partial charge in [-0.3, -0.25) is 0 Å². The Bertz CT molecular complexity index is 911. The average molecular weight is 413 g/mol. The lowest BCUT2D eigenvalue weighted by atomic mass is 10.1. The van der Waals surface area contributed by atoms with Gasteiger partial charge in [0, 0.05) is 46.1 Å². The molecule has 1 N–H and O–H groups in total. The van der Waals surface area contributed by atoms with E-state index >= 15 is 0 Å². The molecule has 0 saturated carbocycles. The second kappa shape index (κ2) is 8.45. The topological polar surface area (TPSA) is 19.7 Å². The summed E-state index contributed by atoms with van der Waals surface area (Å²) in [5, 5.41) is 3.49. The molecule has 0 aliphatic heterocycles. The molecule has 1 aromatic carbocycles. The van der Waals surface area contributed by atoms with Crippen molar-refractivity contribution >= 4 is 22.2 Å². The number of fused-ring (bicyclic) bond motifs is 1. The molecule has 3 heterocycles. The van der Waals surface area contributed by atoms with Gasteiger partial charge in [-0.05, 0) is 35.9 Å². The van der Waals surface area contributed by atoms with Crippen molar-refractivity contribution in [1.82, 2.24) is 4.98 Å². The standard InChI is InChI=1S/C21H21N2S.BrH/c1-2-8-20-19(7-1)18(16-22-20)6-3-4-12-23-13-10-17(11-14-23)21-9-5-15-24-21;/h1-2,5,7-11,13-16,22H,3-4,6,12H2;1H/q+1;/p-1. The van der Waals surface area contributed by atoms with Crippen LogP contribution in [0.25, 0.3) is 21.3 Å². The van der Waals surface area contributed by atoms with Gasteiger partial charge in [0.2, 0.25) is 0 Å². The van der Waals surface area contributed by atoms with E-state index in [1.54, 1.807) is 11.3 Å². The van der Waals surface area contributed by atoms with Crippen molar-refractivity contribution in [1.29, 1.82) is 0 Å². The molecular weight excluding hydrogens is 392 g/mol. The van der Waals surface area contributed by atoms with E-state index in [9.17, 15) is 0 Å². The molecule has 4 aromatic rings. The van der Waals surface area contributed by atoms with Gasteiger partial charge in [-0.1, -0.05) is 24.3 Å². The summed E-state index contributed by atoms with van der Waals surface area (Å²) in [6.07, 6.45) is 10.1. The Morgan fingerprint density at radius 2 is 1.76 bits per heavy atom. The van der Waals surface area contributed by atoms with Crippen molar-refractivity contribution in [2.45, 2.75) is 25.8 Å². The summed E-state index contributed by atoms with van der Waals surface area (Å²) in [4.78, 5) is 4.70. The summed E-state index contributed by atoms with van der Waals surface area (Å²) in [6.45, 7) is 1.08. The molecule has 0 unspecified atom stereocenters. The second-order valence-electron chi connectivity index (χ2n) is 6.12. The van der Waals surface area contributed by atoms with E-state index in [4.69, 9.17) is 0 Å². The molecule has 0 saturated heterocycles. The third-order valence-corrected chi connectivity index (χ3v) is 5.40. The van der Waals surface area contributed by atoms with Crippen molar-refractivity contribution in [3.63, 3.8) is 0 Å². The van der Waals surface area contributed by atoms with Crippen LogP contribution in [0.3, 0.4) is 0 Å². The highest BCUT2D eigenvalue weighted by Gasteiger charge is 2.05. The zero-order valence-corrected chi connectivity index (χ0v) is 16.4. The minimum atomic E-state index is 0. The minimum absolute atomic E-state index is 0. The highest BCUT2D eigenvalue weighted by molar-refractivity contribution is 7.13. The van der Waals surface area contributed by atoms with Gasteiger partial charge in [0.15, 0.2) is 12.4 Å². The van der Waals surface area contributed by atoms with Gasteiger partial charge in [-0.25, -0.2) is 4.57 Å². The lowest BCUT2D eigenvalue weighted by Gasteiger charge is -2.00. The number of thiophene rings is 1. The van der Waals surface area contributed by atoms with E-state index in [1.807, 2.05) is 0 Å². The highest BCUT2D eigenvalue weighted by atomic mass is 79.9. The van der Waals surface area contributed by atoms with E-state index in [2.05, 4.69) is 82.1 Å². The van der Waals surface area contributed by atoms with Crippen molar-refractivity contribution in [3.05, 3.63) is 78.1 Å². The number of aromatic amines is 1. The van der Waals surface area contributed by atoms with Crippen LogP contribution in [0.1, 0.15) is 18.4 Å². The van der Waals surface area contributed by atoms with E-state index in [0.717, 1.165) is 13.0 Å². The Labute approximate surface area is 162 Å². The fourth-order valence-electron chi connectivity index (χ4n) is 3.16. The number of benzene rings is 1. The minimum Gasteiger partial charge on any atom is -1.00 e. The van der Waals surface area contributed by atoms with Crippen LogP contribution >= 0.6 is 11.3 Å². The Hall–Kier alpha value is -1.91. The zero-order valence-electron chi connectivity index (χ0n) is 14.0. The predicted molar refractivity (Wildman–Crippen MR) is 101 cm³/mol. The molecule has 4 rings (SSSR count). The molecule has 0 aliphatic rings. The van der Waals surface area contributed by atoms with Crippen molar-refractivity contribution in [2.24, 2.45) is 0 Å². The SMILES string of the molecule is [Br-].c1csc(-c2cc[n+](CCCCc3c[nH]c4ccccc34)cc2)c1. The van der Waals surface area contributed by atoms with Gasteiger partial charge in [0.1, 0.15) is 6.54 Å². The third kappa shape index (κ3) is 4.20. The molecule has 0 atom stereocenters. The summed E-state index contributed by atoms with van der Waals surface area (Å²) >= 11 is 1.79. The van der Waals surface area contributed by atoms with Crippen LogP contribution in [0.5, 0.6) is 0 Å². The normalized spacial score (nSPS) is 10.7. The highest BCUT2D eigenvalue weighted by Crippen LogP contribution is 2.23. The van der Waals surface area contributed by atoms with E-state index in [1.165, 1.54) is 39.7 Å². The molecule has 0 radical (unpaired) electrons. The number of hydrogen-bond donors (Lipinski definition) is 1. The van der Waals surface area contributed by atoms with Gasteiger partial charge in [-0.15, -0.1) is 11.3 Å². The van der Waals surface area contributed by atoms with Crippen LogP contribution in [0.2, 0.25) is 0 Å². The monoisotopic (exact) mass is 412 g/mol. The second-order valence-corrected chi connectivity index (χ2v) is 7.07. The largest absolute Gasteiger partial charge is 1.00 e. The average Bonchev–Trinajstić information content (AvgIpc) is 3.30. The number of halogens is 1. The number of nitrogens with one attached hydrogen (secondary N) is 1. The van der Waals surface area contributed by atoms with Gasteiger partial charge in [0.05, 0.1) is 0 Å². The molecule has 25 heavy (non-hydrogen) atoms. The molecule has 4 heteroatoms. The van der Waals surface area contributed by atoms with E-state index in [0.29, 0.717) is 0 Å². The molecule has 0 bridgehead atoms. The Kier molecular flexibility index (Phi) is 6.05. The van der Waals surface area contributed by atoms with Gasteiger partial charge in [-0.2, -0.15) is 0 Å². The summed E-state index contributed by atoms with van der Waals surface area (Å²) in [5.41, 5.74) is 3.98. The number of para-hydroxylation sites is 1. The molecule has 0 fully saturated rings. The van der Waals surface area contributed by atoms with Gasteiger partial charge >= 0.3 is 0 Å². The summed E-state index contributed by atoms with van der Waals surface area (Å²) in [7, 11) is 0. The first kappa shape index (κ1) is 17.9. The summed E-state index contributed by atoms with van der Waals surface area (Å²) in [5.74, 6) is 0.